The predicted octanol–water partition coefficient (Wildman–Crippen LogP) is 3.19. The maximum Gasteiger partial charge on any atom is 0.410 e. The fourth-order valence-electron chi connectivity index (χ4n) is 2.86. The highest BCUT2D eigenvalue weighted by molar-refractivity contribution is 6.47. The van der Waals surface area contributed by atoms with Gasteiger partial charge in [0.15, 0.2) is 0 Å². The molecule has 1 atom stereocenters. The van der Waals surface area contributed by atoms with Crippen LogP contribution >= 0.6 is 0 Å². The van der Waals surface area contributed by atoms with E-state index >= 15 is 0 Å². The highest BCUT2D eigenvalue weighted by Gasteiger charge is 2.37. The van der Waals surface area contributed by atoms with E-state index in [1.165, 1.54) is 0 Å². The van der Waals surface area contributed by atoms with Crippen molar-refractivity contribution < 1.29 is 23.7 Å². The van der Waals surface area contributed by atoms with Crippen LogP contribution in [0.4, 0.5) is 4.79 Å². The number of carbonyl (C=O) groups excluding carboxylic acids is 1. The van der Waals surface area contributed by atoms with Crippen LogP contribution in [0.2, 0.25) is 0 Å². The maximum atomic E-state index is 12.4. The summed E-state index contributed by atoms with van der Waals surface area (Å²) >= 11 is 0. The molecule has 0 spiro atoms. The monoisotopic (exact) mass is 405 g/mol. The van der Waals surface area contributed by atoms with Crippen LogP contribution in [0.5, 0.6) is 0 Å². The topological polar surface area (TPSA) is 57.2 Å². The summed E-state index contributed by atoms with van der Waals surface area (Å²) in [6.07, 6.45) is -0.450. The van der Waals surface area contributed by atoms with E-state index in [0.29, 0.717) is 27.2 Å². The van der Waals surface area contributed by atoms with Crippen LogP contribution in [0.1, 0.15) is 60.1 Å². The van der Waals surface area contributed by atoms with Gasteiger partial charge in [0.05, 0.1) is 24.4 Å². The first kappa shape index (κ1) is 23.7. The molecule has 0 bridgehead atoms. The van der Waals surface area contributed by atoms with Crippen molar-refractivity contribution in [2.45, 2.75) is 71.4 Å². The van der Waals surface area contributed by atoms with Crippen LogP contribution in [-0.4, -0.2) is 62.1 Å². The first-order valence-electron chi connectivity index (χ1n) is 10.2. The molecule has 0 N–H and O–H groups in total. The van der Waals surface area contributed by atoms with E-state index < -0.39 is 16.8 Å². The molecule has 6 nitrogen and oxygen atoms in total. The Balaban J connectivity index is 1.96. The van der Waals surface area contributed by atoms with Gasteiger partial charge in [0.2, 0.25) is 0 Å². The van der Waals surface area contributed by atoms with Crippen LogP contribution in [0.15, 0.2) is 24.3 Å². The fraction of sp³-hybridized carbons (Fsp3) is 0.682. The Bertz CT molecular complexity index is 681. The summed E-state index contributed by atoms with van der Waals surface area (Å²) < 4.78 is 23.1. The number of nitrogens with zero attached hydrogens (tertiary/aromatic N) is 1. The van der Waals surface area contributed by atoms with Gasteiger partial charge in [-0.1, -0.05) is 29.7 Å². The number of hydrogen-bond acceptors (Lipinski definition) is 5. The second-order valence-corrected chi connectivity index (χ2v) is 9.54. The normalized spacial score (nSPS) is 18.5. The van der Waals surface area contributed by atoms with Crippen molar-refractivity contribution in [2.24, 2.45) is 0 Å². The van der Waals surface area contributed by atoms with E-state index in [0.717, 1.165) is 11.0 Å². The highest BCUT2D eigenvalue weighted by Crippen LogP contribution is 2.28. The number of ether oxygens (including phenoxy) is 3. The third-order valence-corrected chi connectivity index (χ3v) is 5.63. The van der Waals surface area contributed by atoms with E-state index in [4.69, 9.17) is 18.9 Å². The minimum Gasteiger partial charge on any atom is -0.444 e. The van der Waals surface area contributed by atoms with Crippen LogP contribution < -0.4 is 5.46 Å². The summed E-state index contributed by atoms with van der Waals surface area (Å²) in [5.41, 5.74) is 0.791. The molecule has 0 saturated carbocycles. The van der Waals surface area contributed by atoms with Crippen molar-refractivity contribution >= 4 is 19.0 Å². The largest absolute Gasteiger partial charge is 0.444 e. The Morgan fingerprint density at radius 2 is 1.69 bits per heavy atom. The molecular weight excluding hydrogens is 369 g/mol. The minimum atomic E-state index is -0.502. The summed E-state index contributed by atoms with van der Waals surface area (Å²) in [5.74, 6) is 0. The van der Waals surface area contributed by atoms with Gasteiger partial charge in [-0.05, 0) is 54.0 Å². The van der Waals surface area contributed by atoms with E-state index in [1.807, 2.05) is 72.7 Å². The molecule has 1 aliphatic rings. The predicted molar refractivity (Wildman–Crippen MR) is 116 cm³/mol. The van der Waals surface area contributed by atoms with Gasteiger partial charge in [0, 0.05) is 13.7 Å². The van der Waals surface area contributed by atoms with E-state index in [9.17, 15) is 4.79 Å². The molecule has 1 aromatic rings. The Kier molecular flexibility index (Phi) is 7.41. The smallest absolute Gasteiger partial charge is 0.410 e. The molecule has 1 unspecified atom stereocenters. The first-order chi connectivity index (χ1) is 13.3. The maximum absolute atomic E-state index is 12.4. The Labute approximate surface area is 176 Å². The van der Waals surface area contributed by atoms with Gasteiger partial charge in [-0.15, -0.1) is 0 Å². The zero-order valence-corrected chi connectivity index (χ0v) is 19.2. The fourth-order valence-corrected chi connectivity index (χ4v) is 2.86. The molecule has 0 aromatic heterocycles. The van der Waals surface area contributed by atoms with Crippen LogP contribution in [0.25, 0.3) is 0 Å². The summed E-state index contributed by atoms with van der Waals surface area (Å²) in [4.78, 5) is 14.1. The molecule has 1 fully saturated rings. The number of carbonyl (C=O) groups is 1. The lowest BCUT2D eigenvalue weighted by Crippen LogP contribution is -2.50. The first-order valence-corrected chi connectivity index (χ1v) is 10.2. The molecule has 29 heavy (non-hydrogen) atoms. The zero-order chi connectivity index (χ0) is 21.9. The molecule has 1 aliphatic heterocycles. The summed E-state index contributed by atoms with van der Waals surface area (Å²) in [5, 5.41) is 0. The Morgan fingerprint density at radius 3 is 2.24 bits per heavy atom. The lowest BCUT2D eigenvalue weighted by Gasteiger charge is -2.40. The second kappa shape index (κ2) is 9.06. The molecular formula is C22H36BNO5. The number of morpholine rings is 1. The minimum absolute atomic E-state index is 0.157. The summed E-state index contributed by atoms with van der Waals surface area (Å²) in [7, 11) is 2.19. The van der Waals surface area contributed by atoms with Crippen LogP contribution in [0.3, 0.4) is 0 Å². The lowest BCUT2D eigenvalue weighted by atomic mass is 9.82. The quantitative estimate of drug-likeness (QED) is 0.681. The van der Waals surface area contributed by atoms with Gasteiger partial charge in [0.1, 0.15) is 11.7 Å². The Hall–Kier alpha value is -1.57. The zero-order valence-electron chi connectivity index (χ0n) is 19.2. The standard InChI is InChI=1S/C22H36BNO5/c1-20(2,3)28-19(25)24-13-14-27-18(15-24)16-9-11-17(12-10-16)23-29-22(6,7)21(4,5)26-8/h9-12,18,23H,13-15H2,1-8H3. The van der Waals surface area contributed by atoms with Crippen LogP contribution in [0, 0.1) is 0 Å². The number of hydrogen-bond donors (Lipinski definition) is 0. The molecule has 2 rings (SSSR count). The van der Waals surface area contributed by atoms with Crippen molar-refractivity contribution in [1.29, 1.82) is 0 Å². The average Bonchev–Trinajstić information content (AvgIpc) is 2.65. The van der Waals surface area contributed by atoms with Crippen molar-refractivity contribution in [3.05, 3.63) is 29.8 Å². The molecule has 1 aromatic carbocycles. The molecule has 7 heteroatoms. The highest BCUT2D eigenvalue weighted by atomic mass is 16.6. The van der Waals surface area contributed by atoms with Crippen molar-refractivity contribution in [3.63, 3.8) is 0 Å². The van der Waals surface area contributed by atoms with E-state index in [1.54, 1.807) is 12.0 Å². The molecule has 1 heterocycles. The number of methoxy groups -OCH3 is 1. The van der Waals surface area contributed by atoms with Crippen molar-refractivity contribution in [3.8, 4) is 0 Å². The van der Waals surface area contributed by atoms with Gasteiger partial charge in [-0.3, -0.25) is 0 Å². The number of rotatable bonds is 6. The van der Waals surface area contributed by atoms with Gasteiger partial charge in [-0.2, -0.15) is 0 Å². The van der Waals surface area contributed by atoms with Crippen LogP contribution in [-0.2, 0) is 18.9 Å². The van der Waals surface area contributed by atoms with Gasteiger partial charge in [0.25, 0.3) is 0 Å². The van der Waals surface area contributed by atoms with E-state index in [-0.39, 0.29) is 12.2 Å². The van der Waals surface area contributed by atoms with E-state index in [2.05, 4.69) is 0 Å². The molecule has 1 saturated heterocycles. The lowest BCUT2D eigenvalue weighted by molar-refractivity contribution is -0.114. The third-order valence-electron chi connectivity index (χ3n) is 5.63. The SMILES string of the molecule is COC(C)(C)C(C)(C)OBc1ccc(C2CN(C(=O)OC(C)(C)C)CCO2)cc1. The van der Waals surface area contributed by atoms with Gasteiger partial charge < -0.3 is 23.8 Å². The number of benzene rings is 1. The summed E-state index contributed by atoms with van der Waals surface area (Å²) in [6, 6.07) is 8.16. The van der Waals surface area contributed by atoms with Gasteiger partial charge >= 0.3 is 13.6 Å². The van der Waals surface area contributed by atoms with Crippen molar-refractivity contribution in [2.75, 3.05) is 26.8 Å². The molecule has 162 valence electrons. The second-order valence-electron chi connectivity index (χ2n) is 9.54. The molecule has 0 radical (unpaired) electrons. The third kappa shape index (κ3) is 6.46. The van der Waals surface area contributed by atoms with Crippen molar-refractivity contribution in [1.82, 2.24) is 4.90 Å². The number of amides is 1. The molecule has 1 amide bonds. The summed E-state index contributed by atoms with van der Waals surface area (Å²) in [6.45, 7) is 15.3. The van der Waals surface area contributed by atoms with Gasteiger partial charge in [-0.25, -0.2) is 4.79 Å². The Morgan fingerprint density at radius 1 is 1.07 bits per heavy atom. The average molecular weight is 405 g/mol. The molecule has 0 aliphatic carbocycles.